The zero-order chi connectivity index (χ0) is 36.0. The number of ether oxygens (including phenoxy) is 2. The maximum Gasteiger partial charge on any atom is 0.330 e. The third-order valence-electron chi connectivity index (χ3n) is 10.1. The number of fused-ring (bicyclic) bond motifs is 2. The first-order valence-electron chi connectivity index (χ1n) is 17.0. The van der Waals surface area contributed by atoms with Crippen LogP contribution in [0.4, 0.5) is 11.5 Å². The fourth-order valence-corrected chi connectivity index (χ4v) is 8.07. The molecule has 4 heterocycles. The van der Waals surface area contributed by atoms with Crippen molar-refractivity contribution in [2.45, 2.75) is 38.6 Å². The van der Waals surface area contributed by atoms with Gasteiger partial charge in [-0.1, -0.05) is 53.5 Å². The van der Waals surface area contributed by atoms with E-state index in [2.05, 4.69) is 21.3 Å². The highest BCUT2D eigenvalue weighted by Gasteiger charge is 2.36. The largest absolute Gasteiger partial charge is 0.481 e. The molecule has 1 N–H and O–H groups in total. The van der Waals surface area contributed by atoms with Crippen LogP contribution in [0.15, 0.2) is 64.3 Å². The number of likely N-dealkylation sites (tertiary alicyclic amines) is 1. The summed E-state index contributed by atoms with van der Waals surface area (Å²) in [4.78, 5) is 49.8. The smallest absolute Gasteiger partial charge is 0.330 e. The molecule has 1 atom stereocenters. The fourth-order valence-electron chi connectivity index (χ4n) is 7.47. The van der Waals surface area contributed by atoms with Crippen molar-refractivity contribution in [3.05, 3.63) is 96.7 Å². The third kappa shape index (κ3) is 6.17. The van der Waals surface area contributed by atoms with Gasteiger partial charge < -0.3 is 14.8 Å². The Kier molecular flexibility index (Phi) is 9.62. The molecule has 2 aliphatic rings. The molecule has 1 saturated heterocycles. The Hall–Kier alpha value is -4.71. The van der Waals surface area contributed by atoms with Crippen LogP contribution >= 0.6 is 23.2 Å². The van der Waals surface area contributed by atoms with Crippen LogP contribution in [0.25, 0.3) is 33.3 Å². The summed E-state index contributed by atoms with van der Waals surface area (Å²) in [6.45, 7) is 3.87. The van der Waals surface area contributed by atoms with Gasteiger partial charge in [0.25, 0.3) is 5.56 Å². The number of aromatic nitrogens is 4. The van der Waals surface area contributed by atoms with Crippen LogP contribution in [0.2, 0.25) is 10.0 Å². The van der Waals surface area contributed by atoms with Gasteiger partial charge >= 0.3 is 11.7 Å². The minimum absolute atomic E-state index is 0.0515. The summed E-state index contributed by atoms with van der Waals surface area (Å²) in [5.74, 6) is 0.705. The Labute approximate surface area is 304 Å². The Bertz CT molecular complexity index is 2300. The number of benzene rings is 2. The van der Waals surface area contributed by atoms with E-state index < -0.39 is 11.2 Å². The molecule has 264 valence electrons. The molecular weight excluding hydrogens is 691 g/mol. The van der Waals surface area contributed by atoms with E-state index in [4.69, 9.17) is 37.7 Å². The van der Waals surface area contributed by atoms with Gasteiger partial charge in [0.2, 0.25) is 5.88 Å². The van der Waals surface area contributed by atoms with E-state index >= 15 is 0 Å². The van der Waals surface area contributed by atoms with Gasteiger partial charge in [-0.25, -0.2) is 14.8 Å². The number of nitrogens with zero attached hydrogens (tertiary/aromatic N) is 5. The molecule has 0 saturated carbocycles. The molecule has 0 radical (unpaired) electrons. The van der Waals surface area contributed by atoms with Crippen LogP contribution in [0.1, 0.15) is 43.4 Å². The molecule has 1 aliphatic carbocycles. The number of nitrogens with one attached hydrogen (secondary N) is 1. The summed E-state index contributed by atoms with van der Waals surface area (Å²) >= 11 is 14.2. The molecule has 1 fully saturated rings. The highest BCUT2D eigenvalue weighted by molar-refractivity contribution is 6.39. The standard InChI is InChI=1S/C38H38Cl2N6O5/c1-5-51-37(48)21-15-18-46(19-16-21)29-13-12-22-20-27(43-35(50-4)30(22)29)25-10-6-8-23(32(25)39)24-9-7-11-26(33(24)40)42-34-31-28(14-17-41-34)44(2)38(49)45(3)36(31)47/h6-11,14,17,20-21,29H,5,12-13,15-16,18-19H2,1-4H3,(H,41,42). The van der Waals surface area contributed by atoms with E-state index in [9.17, 15) is 14.4 Å². The molecule has 2 aromatic carbocycles. The van der Waals surface area contributed by atoms with E-state index in [1.165, 1.54) is 23.4 Å². The number of methoxy groups -OCH3 is 1. The Morgan fingerprint density at radius 1 is 0.961 bits per heavy atom. The van der Waals surface area contributed by atoms with Crippen LogP contribution in [-0.2, 0) is 30.0 Å². The molecule has 0 bridgehead atoms. The molecule has 5 aromatic rings. The first kappa shape index (κ1) is 34.7. The lowest BCUT2D eigenvalue weighted by Gasteiger charge is -2.35. The topological polar surface area (TPSA) is 121 Å². The maximum absolute atomic E-state index is 13.2. The number of aryl methyl sites for hydroxylation is 2. The van der Waals surface area contributed by atoms with Crippen molar-refractivity contribution >= 4 is 51.6 Å². The molecule has 1 unspecified atom stereocenters. The number of esters is 1. The molecule has 1 aliphatic heterocycles. The quantitative estimate of drug-likeness (QED) is 0.174. The molecule has 51 heavy (non-hydrogen) atoms. The average molecular weight is 730 g/mol. The van der Waals surface area contributed by atoms with Gasteiger partial charge in [0.05, 0.1) is 46.6 Å². The summed E-state index contributed by atoms with van der Waals surface area (Å²) in [6.07, 6.45) is 4.91. The second-order valence-electron chi connectivity index (χ2n) is 12.9. The van der Waals surface area contributed by atoms with Crippen molar-refractivity contribution in [3.8, 4) is 28.3 Å². The summed E-state index contributed by atoms with van der Waals surface area (Å²) in [7, 11) is 4.69. The lowest BCUT2D eigenvalue weighted by atomic mass is 9.94. The van der Waals surface area contributed by atoms with Crippen molar-refractivity contribution in [2.75, 3.05) is 32.1 Å². The van der Waals surface area contributed by atoms with Crippen LogP contribution < -0.4 is 21.3 Å². The van der Waals surface area contributed by atoms with Gasteiger partial charge in [-0.05, 0) is 69.5 Å². The normalized spacial score (nSPS) is 16.3. The zero-order valence-electron chi connectivity index (χ0n) is 28.8. The summed E-state index contributed by atoms with van der Waals surface area (Å²) in [5.41, 5.74) is 5.16. The predicted molar refractivity (Wildman–Crippen MR) is 199 cm³/mol. The van der Waals surface area contributed by atoms with Crippen molar-refractivity contribution in [2.24, 2.45) is 20.0 Å². The monoisotopic (exact) mass is 728 g/mol. The van der Waals surface area contributed by atoms with Gasteiger partial charge in [0.1, 0.15) is 11.2 Å². The van der Waals surface area contributed by atoms with Crippen LogP contribution in [0.5, 0.6) is 5.88 Å². The summed E-state index contributed by atoms with van der Waals surface area (Å²) in [5, 5.41) is 4.35. The lowest BCUT2D eigenvalue weighted by molar-refractivity contribution is -0.149. The molecule has 3 aromatic heterocycles. The molecule has 0 spiro atoms. The number of carbonyl (C=O) groups excluding carboxylic acids is 1. The molecule has 11 nitrogen and oxygen atoms in total. The van der Waals surface area contributed by atoms with Gasteiger partial charge in [-0.2, -0.15) is 0 Å². The first-order chi connectivity index (χ1) is 24.6. The number of piperidine rings is 1. The van der Waals surface area contributed by atoms with Gasteiger partial charge in [0.15, 0.2) is 0 Å². The fraction of sp³-hybridized carbons (Fsp3) is 0.342. The second kappa shape index (κ2) is 14.1. The maximum atomic E-state index is 13.2. The number of rotatable bonds is 8. The number of hydrogen-bond acceptors (Lipinski definition) is 9. The number of carbonyl (C=O) groups is 1. The Morgan fingerprint density at radius 2 is 1.67 bits per heavy atom. The predicted octanol–water partition coefficient (Wildman–Crippen LogP) is 6.68. The van der Waals surface area contributed by atoms with E-state index in [1.54, 1.807) is 26.3 Å². The average Bonchev–Trinajstić information content (AvgIpc) is 3.58. The molecule has 7 rings (SSSR count). The SMILES string of the molecule is CCOC(=O)C1CCN(C2CCc3cc(-c4cccc(-c5cccc(Nc6nccc7c6c(=O)n(C)c(=O)n7C)c5Cl)c4Cl)nc(OC)c32)CC1. The zero-order valence-corrected chi connectivity index (χ0v) is 30.3. The third-order valence-corrected chi connectivity index (χ3v) is 10.9. The number of pyridine rings is 2. The Balaban J connectivity index is 1.20. The van der Waals surface area contributed by atoms with Crippen LogP contribution in [0, 0.1) is 5.92 Å². The van der Waals surface area contributed by atoms with Crippen molar-refractivity contribution < 1.29 is 14.3 Å². The molecule has 13 heteroatoms. The Morgan fingerprint density at radius 3 is 2.39 bits per heavy atom. The molecule has 0 amide bonds. The van der Waals surface area contributed by atoms with Crippen LogP contribution in [0.3, 0.4) is 0 Å². The van der Waals surface area contributed by atoms with E-state index in [-0.39, 0.29) is 29.1 Å². The summed E-state index contributed by atoms with van der Waals surface area (Å²) < 4.78 is 13.6. The van der Waals surface area contributed by atoms with Gasteiger partial charge in [-0.3, -0.25) is 23.6 Å². The number of hydrogen-bond donors (Lipinski definition) is 1. The minimum Gasteiger partial charge on any atom is -0.481 e. The van der Waals surface area contributed by atoms with Crippen molar-refractivity contribution in [1.29, 1.82) is 0 Å². The number of anilines is 2. The number of halogens is 2. The lowest BCUT2D eigenvalue weighted by Crippen LogP contribution is -2.38. The van der Waals surface area contributed by atoms with Crippen LogP contribution in [-0.4, -0.2) is 56.8 Å². The van der Waals surface area contributed by atoms with Crippen molar-refractivity contribution in [1.82, 2.24) is 24.0 Å². The van der Waals surface area contributed by atoms with E-state index in [0.29, 0.717) is 50.6 Å². The van der Waals surface area contributed by atoms with Gasteiger partial charge in [-0.15, -0.1) is 0 Å². The molecular formula is C38H38Cl2N6O5. The van der Waals surface area contributed by atoms with Gasteiger partial charge in [0, 0.05) is 48.6 Å². The van der Waals surface area contributed by atoms with E-state index in [0.717, 1.165) is 54.5 Å². The van der Waals surface area contributed by atoms with E-state index in [1.807, 2.05) is 37.3 Å². The minimum atomic E-state index is -0.464. The highest BCUT2D eigenvalue weighted by atomic mass is 35.5. The second-order valence-corrected chi connectivity index (χ2v) is 13.7. The summed E-state index contributed by atoms with van der Waals surface area (Å²) in [6, 6.07) is 15.2. The highest BCUT2D eigenvalue weighted by Crippen LogP contribution is 2.46. The first-order valence-corrected chi connectivity index (χ1v) is 17.8. The van der Waals surface area contributed by atoms with Crippen molar-refractivity contribution in [3.63, 3.8) is 0 Å².